The summed E-state index contributed by atoms with van der Waals surface area (Å²) in [5.41, 5.74) is 9.00. The highest BCUT2D eigenvalue weighted by atomic mass is 32.1. The van der Waals surface area contributed by atoms with Crippen LogP contribution in [-0.2, 0) is 9.59 Å². The first kappa shape index (κ1) is 38.1. The van der Waals surface area contributed by atoms with Crippen LogP contribution in [0.25, 0.3) is 32.6 Å². The number of phenols is 1. The van der Waals surface area contributed by atoms with Gasteiger partial charge in [0.1, 0.15) is 16.8 Å². The van der Waals surface area contributed by atoms with E-state index < -0.39 is 18.1 Å². The minimum Gasteiger partial charge on any atom is -0.507 e. The number of phenolic OH excluding ortho intramolecular Hbond substituents is 1. The number of hydrogen-bond acceptors (Lipinski definition) is 12. The largest absolute Gasteiger partial charge is 0.507 e. The quantitative estimate of drug-likeness (QED) is 0.135. The van der Waals surface area contributed by atoms with E-state index in [0.29, 0.717) is 17.0 Å². The molecule has 3 aliphatic heterocycles. The van der Waals surface area contributed by atoms with E-state index >= 15 is 0 Å². The summed E-state index contributed by atoms with van der Waals surface area (Å²) in [6.45, 7) is 11.8. The molecule has 9 rings (SSSR count). The van der Waals surface area contributed by atoms with Gasteiger partial charge in [0.05, 0.1) is 51.0 Å². The fourth-order valence-corrected chi connectivity index (χ4v) is 10.4. The van der Waals surface area contributed by atoms with E-state index in [9.17, 15) is 19.8 Å². The molecule has 6 aromatic rings. The molecular weight excluding hydrogens is 769 g/mol. The zero-order chi connectivity index (χ0) is 40.3. The zero-order valence-electron chi connectivity index (χ0n) is 32.9. The van der Waals surface area contributed by atoms with Gasteiger partial charge < -0.3 is 30.2 Å². The van der Waals surface area contributed by atoms with Crippen LogP contribution in [0.2, 0.25) is 0 Å². The molecule has 2 amide bonds. The van der Waals surface area contributed by atoms with Crippen molar-refractivity contribution < 1.29 is 19.8 Å². The van der Waals surface area contributed by atoms with Crippen LogP contribution < -0.4 is 15.1 Å². The predicted molar refractivity (Wildman–Crippen MR) is 228 cm³/mol. The van der Waals surface area contributed by atoms with Crippen molar-refractivity contribution >= 4 is 56.3 Å². The molecule has 58 heavy (non-hydrogen) atoms. The summed E-state index contributed by atoms with van der Waals surface area (Å²) in [4.78, 5) is 39.8. The molecule has 3 N–H and O–H groups in total. The molecule has 14 heteroatoms. The number of β-amino-alcohol motifs (C(OH)–C–C–N with tert-alkyl or cyclic N) is 1. The number of nitrogens with zero attached hydrogens (tertiary/aromatic N) is 7. The first-order valence-corrected chi connectivity index (χ1v) is 21.4. The first-order valence-electron chi connectivity index (χ1n) is 19.8. The molecule has 298 valence electrons. The van der Waals surface area contributed by atoms with Gasteiger partial charge in [-0.25, -0.2) is 4.98 Å². The second-order valence-electron chi connectivity index (χ2n) is 16.5. The summed E-state index contributed by atoms with van der Waals surface area (Å²) in [6, 6.07) is 24.5. The molecule has 0 saturated carbocycles. The standard InChI is InChI=1S/C44H46N8O4S2/c1-25(2)40(43(56)52-19-32(53)17-37(52)42(55)46-26(3)28-9-11-29(12-10-28)41-27(4)45-24-57-41)36-18-39(58-49-36)51-22-44(23-51)20-50(21-44)31-14-13-30-15-35(48-47-34(30)16-31)33-7-5-6-8-38(33)54/h5-16,18,24-26,32,37,40,53-54H,17,19-23H2,1-4H3,(H,46,55)/t26-,32+,37-,40+/m0/s1. The van der Waals surface area contributed by atoms with Crippen molar-refractivity contribution in [1.82, 2.24) is 29.8 Å². The van der Waals surface area contributed by atoms with E-state index in [0.717, 1.165) is 69.5 Å². The number of carbonyl (C=O) groups is 2. The van der Waals surface area contributed by atoms with Gasteiger partial charge in [0.2, 0.25) is 11.8 Å². The Morgan fingerprint density at radius 3 is 2.41 bits per heavy atom. The van der Waals surface area contributed by atoms with Gasteiger partial charge in [-0.15, -0.1) is 21.5 Å². The summed E-state index contributed by atoms with van der Waals surface area (Å²) in [7, 11) is 0. The van der Waals surface area contributed by atoms with Gasteiger partial charge in [0.25, 0.3) is 0 Å². The zero-order valence-corrected chi connectivity index (χ0v) is 34.5. The Labute approximate surface area is 345 Å². The molecule has 3 aliphatic rings. The van der Waals surface area contributed by atoms with Gasteiger partial charge in [-0.3, -0.25) is 9.59 Å². The fraction of sp³-hybridized carbons (Fsp3) is 0.364. The van der Waals surface area contributed by atoms with Crippen molar-refractivity contribution in [3.8, 4) is 27.4 Å². The molecule has 6 heterocycles. The molecule has 0 radical (unpaired) electrons. The molecular formula is C44H46N8O4S2. The summed E-state index contributed by atoms with van der Waals surface area (Å²) in [5, 5.41) is 35.0. The van der Waals surface area contributed by atoms with E-state index in [4.69, 9.17) is 4.37 Å². The summed E-state index contributed by atoms with van der Waals surface area (Å²) in [5.74, 6) is -0.858. The Hall–Kier alpha value is -5.44. The van der Waals surface area contributed by atoms with E-state index in [2.05, 4.69) is 48.5 Å². The lowest BCUT2D eigenvalue weighted by atomic mass is 9.72. The van der Waals surface area contributed by atoms with E-state index in [1.807, 2.05) is 81.7 Å². The predicted octanol–water partition coefficient (Wildman–Crippen LogP) is 6.80. The lowest BCUT2D eigenvalue weighted by Gasteiger charge is -2.61. The molecule has 0 aliphatic carbocycles. The monoisotopic (exact) mass is 814 g/mol. The molecule has 3 fully saturated rings. The van der Waals surface area contributed by atoms with E-state index in [-0.39, 0.29) is 47.9 Å². The Balaban J connectivity index is 0.816. The van der Waals surface area contributed by atoms with Crippen LogP contribution in [0.5, 0.6) is 5.75 Å². The number of para-hydroxylation sites is 1. The second-order valence-corrected chi connectivity index (χ2v) is 18.2. The highest BCUT2D eigenvalue weighted by Gasteiger charge is 2.52. The van der Waals surface area contributed by atoms with E-state index in [1.54, 1.807) is 28.4 Å². The molecule has 12 nitrogen and oxygen atoms in total. The van der Waals surface area contributed by atoms with Gasteiger partial charge in [-0.05, 0) is 78.8 Å². The number of thiazole rings is 1. The van der Waals surface area contributed by atoms with Gasteiger partial charge in [-0.1, -0.05) is 56.3 Å². The Bertz CT molecular complexity index is 2490. The molecule has 3 aromatic carbocycles. The molecule has 3 aromatic heterocycles. The number of aromatic nitrogens is 4. The number of hydrogen-bond donors (Lipinski definition) is 3. The maximum absolute atomic E-state index is 14.3. The van der Waals surface area contributed by atoms with Crippen molar-refractivity contribution in [2.75, 3.05) is 42.5 Å². The summed E-state index contributed by atoms with van der Waals surface area (Å²) in [6.07, 6.45) is -0.582. The second kappa shape index (κ2) is 15.1. The Kier molecular flexibility index (Phi) is 9.89. The smallest absolute Gasteiger partial charge is 0.243 e. The van der Waals surface area contributed by atoms with Crippen LogP contribution in [-0.4, -0.2) is 91.4 Å². The molecule has 4 atom stereocenters. The highest BCUT2D eigenvalue weighted by Crippen LogP contribution is 2.46. The maximum atomic E-state index is 14.3. The number of likely N-dealkylation sites (tertiary alicyclic amines) is 1. The average molecular weight is 815 g/mol. The number of carbonyl (C=O) groups excluding carboxylic acids is 2. The van der Waals surface area contributed by atoms with Crippen molar-refractivity contribution in [3.63, 3.8) is 0 Å². The van der Waals surface area contributed by atoms with Gasteiger partial charge in [-0.2, -0.15) is 4.37 Å². The minimum atomic E-state index is -0.777. The van der Waals surface area contributed by atoms with Crippen LogP contribution in [0, 0.1) is 18.3 Å². The minimum absolute atomic E-state index is 0.0600. The lowest BCUT2D eigenvalue weighted by molar-refractivity contribution is -0.140. The summed E-state index contributed by atoms with van der Waals surface area (Å²) < 4.78 is 4.80. The molecule has 1 spiro atoms. The third-order valence-corrected chi connectivity index (χ3v) is 13.8. The SMILES string of the molecule is Cc1ncsc1-c1ccc([C@H](C)NC(=O)[C@@H]2C[C@@H](O)CN2C(=O)[C@@H](c2cc(N3CC4(CN(c5ccc6cc(-c7ccccc7O)nnc6c5)C4)C3)sn2)C(C)C)cc1. The number of nitrogens with one attached hydrogen (secondary N) is 1. The normalized spacial score (nSPS) is 19.7. The number of amides is 2. The number of aryl methyl sites for hydroxylation is 1. The van der Waals surface area contributed by atoms with Gasteiger partial charge in [0, 0.05) is 61.2 Å². The highest BCUT2D eigenvalue weighted by molar-refractivity contribution is 7.13. The fourth-order valence-electron chi connectivity index (χ4n) is 8.82. The van der Waals surface area contributed by atoms with Crippen LogP contribution in [0.1, 0.15) is 56.1 Å². The van der Waals surface area contributed by atoms with Crippen LogP contribution in [0.15, 0.2) is 84.4 Å². The number of aliphatic hydroxyl groups is 1. The third kappa shape index (κ3) is 7.07. The molecule has 3 saturated heterocycles. The lowest BCUT2D eigenvalue weighted by Crippen LogP contribution is -2.72. The molecule has 0 bridgehead atoms. The van der Waals surface area contributed by atoms with Crippen LogP contribution >= 0.6 is 22.9 Å². The maximum Gasteiger partial charge on any atom is 0.243 e. The van der Waals surface area contributed by atoms with Crippen molar-refractivity contribution in [2.45, 2.75) is 58.2 Å². The number of benzene rings is 3. The van der Waals surface area contributed by atoms with Gasteiger partial charge in [0.15, 0.2) is 0 Å². The number of fused-ring (bicyclic) bond motifs is 1. The number of anilines is 2. The van der Waals surface area contributed by atoms with Gasteiger partial charge >= 0.3 is 0 Å². The van der Waals surface area contributed by atoms with Crippen LogP contribution in [0.3, 0.4) is 0 Å². The number of aromatic hydroxyl groups is 1. The van der Waals surface area contributed by atoms with Crippen molar-refractivity contribution in [2.24, 2.45) is 11.3 Å². The summed E-state index contributed by atoms with van der Waals surface area (Å²) >= 11 is 3.02. The number of aliphatic hydroxyl groups excluding tert-OH is 1. The first-order chi connectivity index (χ1) is 27.9. The van der Waals surface area contributed by atoms with Crippen molar-refractivity contribution in [3.05, 3.63) is 101 Å². The Morgan fingerprint density at radius 2 is 1.69 bits per heavy atom. The van der Waals surface area contributed by atoms with E-state index in [1.165, 1.54) is 11.5 Å². The topological polar surface area (TPSA) is 148 Å². The average Bonchev–Trinajstić information content (AvgIpc) is 3.94. The Morgan fingerprint density at radius 1 is 0.931 bits per heavy atom. The third-order valence-electron chi connectivity index (χ3n) is 11.9. The molecule has 0 unspecified atom stereocenters. The number of rotatable bonds is 10. The van der Waals surface area contributed by atoms with Crippen molar-refractivity contribution in [1.29, 1.82) is 0 Å². The van der Waals surface area contributed by atoms with Crippen LogP contribution in [0.4, 0.5) is 10.7 Å².